The summed E-state index contributed by atoms with van der Waals surface area (Å²) in [6.45, 7) is 5.45. The molecule has 0 aromatic carbocycles. The number of carbonyl (C=O) groups is 2. The predicted octanol–water partition coefficient (Wildman–Crippen LogP) is 2.06. The average Bonchev–Trinajstić information content (AvgIpc) is 3.14. The van der Waals surface area contributed by atoms with Gasteiger partial charge in [-0.25, -0.2) is 4.79 Å². The number of carbonyl (C=O) groups excluding carboxylic acids is 2. The van der Waals surface area contributed by atoms with Crippen LogP contribution in [-0.2, 0) is 4.79 Å². The van der Waals surface area contributed by atoms with Gasteiger partial charge in [-0.05, 0) is 26.8 Å². The van der Waals surface area contributed by atoms with E-state index in [1.54, 1.807) is 26.2 Å². The smallest absolute Gasteiger partial charge is 0.325 e. The number of rotatable bonds is 5. The Morgan fingerprint density at radius 3 is 2.74 bits per heavy atom. The Balaban J connectivity index is 1.58. The van der Waals surface area contributed by atoms with Crippen molar-refractivity contribution in [2.45, 2.75) is 31.5 Å². The number of aromatic nitrogens is 2. The molecule has 2 aromatic rings. The molecule has 3 rings (SSSR count). The van der Waals surface area contributed by atoms with Crippen LogP contribution in [-0.4, -0.2) is 44.9 Å². The molecule has 0 aliphatic carbocycles. The largest absolute Gasteiger partial charge is 0.469 e. The molecule has 23 heavy (non-hydrogen) atoms. The Labute approximate surface area is 136 Å². The third-order valence-corrected chi connectivity index (χ3v) is 4.28. The van der Waals surface area contributed by atoms with Gasteiger partial charge in [-0.2, -0.15) is 0 Å². The number of hydrogen-bond donors (Lipinski definition) is 1. The molecule has 2 aromatic heterocycles. The maximum absolute atomic E-state index is 12.0. The highest BCUT2D eigenvalue weighted by molar-refractivity contribution is 7.99. The summed E-state index contributed by atoms with van der Waals surface area (Å²) in [5.74, 6) is 1.33. The fourth-order valence-corrected chi connectivity index (χ4v) is 2.91. The van der Waals surface area contributed by atoms with Crippen LogP contribution in [0.1, 0.15) is 19.6 Å². The molecular weight excluding hydrogens is 320 g/mol. The van der Waals surface area contributed by atoms with Gasteiger partial charge in [0.1, 0.15) is 11.3 Å². The molecule has 1 saturated heterocycles. The molecule has 0 unspecified atom stereocenters. The first-order valence-electron chi connectivity index (χ1n) is 7.03. The fourth-order valence-electron chi connectivity index (χ4n) is 2.23. The highest BCUT2D eigenvalue weighted by Crippen LogP contribution is 2.26. The van der Waals surface area contributed by atoms with Crippen LogP contribution in [0.4, 0.5) is 4.79 Å². The number of aryl methyl sites for hydroxylation is 1. The predicted molar refractivity (Wildman–Crippen MR) is 81.8 cm³/mol. The quantitative estimate of drug-likeness (QED) is 0.658. The average molecular weight is 336 g/mol. The van der Waals surface area contributed by atoms with E-state index in [2.05, 4.69) is 15.5 Å². The van der Waals surface area contributed by atoms with Crippen LogP contribution in [0.25, 0.3) is 11.5 Å². The Kier molecular flexibility index (Phi) is 3.88. The summed E-state index contributed by atoms with van der Waals surface area (Å²) in [5.41, 5.74) is -0.0988. The zero-order valence-corrected chi connectivity index (χ0v) is 13.8. The van der Waals surface area contributed by atoms with E-state index in [0.29, 0.717) is 22.6 Å². The molecule has 1 aliphatic rings. The highest BCUT2D eigenvalue weighted by atomic mass is 32.2. The molecule has 1 fully saturated rings. The van der Waals surface area contributed by atoms with Gasteiger partial charge >= 0.3 is 6.03 Å². The van der Waals surface area contributed by atoms with Gasteiger partial charge in [0, 0.05) is 12.3 Å². The number of hydrogen-bond acceptors (Lipinski definition) is 7. The van der Waals surface area contributed by atoms with Crippen molar-refractivity contribution in [3.8, 4) is 11.5 Å². The van der Waals surface area contributed by atoms with E-state index in [4.69, 9.17) is 8.83 Å². The summed E-state index contributed by atoms with van der Waals surface area (Å²) in [5, 5.41) is 10.9. The van der Waals surface area contributed by atoms with Crippen LogP contribution >= 0.6 is 11.8 Å². The van der Waals surface area contributed by atoms with Gasteiger partial charge in [0.05, 0.1) is 11.8 Å². The normalized spacial score (nSPS) is 16.9. The molecule has 122 valence electrons. The van der Waals surface area contributed by atoms with Gasteiger partial charge in [0.2, 0.25) is 0 Å². The summed E-state index contributed by atoms with van der Waals surface area (Å²) < 4.78 is 10.7. The fraction of sp³-hybridized carbons (Fsp3) is 0.429. The summed E-state index contributed by atoms with van der Waals surface area (Å²) in [7, 11) is 0. The van der Waals surface area contributed by atoms with Crippen molar-refractivity contribution >= 4 is 23.7 Å². The minimum atomic E-state index is -0.849. The first-order chi connectivity index (χ1) is 10.9. The maximum atomic E-state index is 12.0. The summed E-state index contributed by atoms with van der Waals surface area (Å²) >= 11 is 1.29. The third kappa shape index (κ3) is 2.96. The first-order valence-corrected chi connectivity index (χ1v) is 8.02. The van der Waals surface area contributed by atoms with E-state index in [1.807, 2.05) is 6.92 Å². The van der Waals surface area contributed by atoms with Crippen molar-refractivity contribution in [3.63, 3.8) is 0 Å². The summed E-state index contributed by atoms with van der Waals surface area (Å²) in [6.07, 6.45) is 1.56. The Bertz CT molecular complexity index is 752. The zero-order chi connectivity index (χ0) is 16.6. The number of imide groups is 1. The molecule has 0 saturated carbocycles. The Hall–Kier alpha value is -2.29. The van der Waals surface area contributed by atoms with Crippen LogP contribution in [0.15, 0.2) is 26.4 Å². The molecular formula is C14H16N4O4S. The van der Waals surface area contributed by atoms with E-state index in [9.17, 15) is 9.59 Å². The van der Waals surface area contributed by atoms with E-state index < -0.39 is 5.54 Å². The van der Waals surface area contributed by atoms with Crippen molar-refractivity contribution in [3.05, 3.63) is 18.1 Å². The SMILES string of the molecule is Cc1occc1-c1nnc(SCCN2C(=O)NC(C)(C)C2=O)o1. The standard InChI is InChI=1S/C14H16N4O4S/c1-8-9(4-6-21-8)10-16-17-13(22-10)23-7-5-18-11(19)14(2,3)15-12(18)20/h4,6H,5,7H2,1-3H3,(H,15,20). The topological polar surface area (TPSA) is 101 Å². The minimum absolute atomic E-state index is 0.233. The molecule has 0 bridgehead atoms. The maximum Gasteiger partial charge on any atom is 0.325 e. The zero-order valence-electron chi connectivity index (χ0n) is 13.0. The van der Waals surface area contributed by atoms with Gasteiger partial charge in [-0.3, -0.25) is 9.69 Å². The lowest BCUT2D eigenvalue weighted by molar-refractivity contribution is -0.130. The van der Waals surface area contributed by atoms with Crippen molar-refractivity contribution in [2.24, 2.45) is 0 Å². The first kappa shape index (κ1) is 15.6. The van der Waals surface area contributed by atoms with E-state index in [0.717, 1.165) is 5.56 Å². The molecule has 0 atom stereocenters. The molecule has 8 nitrogen and oxygen atoms in total. The number of furan rings is 1. The lowest BCUT2D eigenvalue weighted by Crippen LogP contribution is -2.40. The molecule has 3 amide bonds. The monoisotopic (exact) mass is 336 g/mol. The second-order valence-electron chi connectivity index (χ2n) is 5.62. The van der Waals surface area contributed by atoms with E-state index in [-0.39, 0.29) is 18.5 Å². The van der Waals surface area contributed by atoms with Crippen molar-refractivity contribution in [1.29, 1.82) is 0 Å². The van der Waals surface area contributed by atoms with Crippen LogP contribution in [0, 0.1) is 6.92 Å². The number of nitrogens with zero attached hydrogens (tertiary/aromatic N) is 3. The minimum Gasteiger partial charge on any atom is -0.469 e. The van der Waals surface area contributed by atoms with Crippen LogP contribution in [0.5, 0.6) is 0 Å². The van der Waals surface area contributed by atoms with Crippen molar-refractivity contribution < 1.29 is 18.4 Å². The van der Waals surface area contributed by atoms with Gasteiger partial charge in [-0.15, -0.1) is 10.2 Å². The van der Waals surface area contributed by atoms with Crippen LogP contribution in [0.3, 0.4) is 0 Å². The third-order valence-electron chi connectivity index (χ3n) is 3.48. The van der Waals surface area contributed by atoms with Crippen LogP contribution < -0.4 is 5.32 Å². The van der Waals surface area contributed by atoms with Gasteiger partial charge in [-0.1, -0.05) is 11.8 Å². The molecule has 1 N–H and O–H groups in total. The lowest BCUT2D eigenvalue weighted by Gasteiger charge is -2.15. The molecule has 1 aliphatic heterocycles. The molecule has 9 heteroatoms. The van der Waals surface area contributed by atoms with Crippen molar-refractivity contribution in [1.82, 2.24) is 20.4 Å². The number of nitrogens with one attached hydrogen (secondary N) is 1. The Morgan fingerprint density at radius 2 is 2.13 bits per heavy atom. The second kappa shape index (κ2) is 5.73. The van der Waals surface area contributed by atoms with E-state index in [1.165, 1.54) is 16.7 Å². The number of thioether (sulfide) groups is 1. The number of amides is 3. The lowest BCUT2D eigenvalue weighted by atomic mass is 10.1. The molecule has 0 spiro atoms. The van der Waals surface area contributed by atoms with Crippen LogP contribution in [0.2, 0.25) is 0 Å². The highest BCUT2D eigenvalue weighted by Gasteiger charge is 2.43. The molecule has 0 radical (unpaired) electrons. The van der Waals surface area contributed by atoms with Gasteiger partial charge < -0.3 is 14.2 Å². The van der Waals surface area contributed by atoms with E-state index >= 15 is 0 Å². The molecule has 3 heterocycles. The summed E-state index contributed by atoms with van der Waals surface area (Å²) in [4.78, 5) is 25.0. The van der Waals surface area contributed by atoms with Crippen molar-refractivity contribution in [2.75, 3.05) is 12.3 Å². The summed E-state index contributed by atoms with van der Waals surface area (Å²) in [6, 6.07) is 1.38. The number of urea groups is 1. The second-order valence-corrected chi connectivity index (χ2v) is 6.67. The van der Waals surface area contributed by atoms with Gasteiger partial charge in [0.15, 0.2) is 0 Å². The van der Waals surface area contributed by atoms with Gasteiger partial charge in [0.25, 0.3) is 17.0 Å². The Morgan fingerprint density at radius 1 is 1.35 bits per heavy atom.